The number of hydrogen-bond acceptors (Lipinski definition) is 4. The van der Waals surface area contributed by atoms with Gasteiger partial charge in [-0.3, -0.25) is 14.9 Å². The van der Waals surface area contributed by atoms with E-state index < -0.39 is 4.92 Å². The molecule has 0 aromatic heterocycles. The minimum atomic E-state index is -0.501. The molecule has 6 heteroatoms. The summed E-state index contributed by atoms with van der Waals surface area (Å²) >= 11 is 0. The maximum absolute atomic E-state index is 12.5. The molecule has 0 unspecified atom stereocenters. The van der Waals surface area contributed by atoms with Crippen LogP contribution in [0.3, 0.4) is 0 Å². The van der Waals surface area contributed by atoms with Crippen LogP contribution in [0.15, 0.2) is 18.2 Å². The number of carbonyl (C=O) groups excluding carboxylic acids is 1. The molecule has 1 aromatic rings. The fraction of sp³-hybridized carbons (Fsp3) is 0.562. The smallest absolute Gasteiger partial charge is 0.282 e. The molecular formula is C16H20N2O4. The molecule has 1 saturated carbocycles. The minimum absolute atomic E-state index is 0.0334. The van der Waals surface area contributed by atoms with E-state index in [0.29, 0.717) is 18.1 Å². The van der Waals surface area contributed by atoms with Gasteiger partial charge in [0.15, 0.2) is 0 Å². The zero-order valence-electron chi connectivity index (χ0n) is 12.6. The third kappa shape index (κ3) is 3.11. The van der Waals surface area contributed by atoms with Crippen molar-refractivity contribution in [2.24, 2.45) is 5.92 Å². The molecule has 1 aromatic carbocycles. The highest BCUT2D eigenvalue weighted by Gasteiger charge is 2.36. The molecule has 1 heterocycles. The molecule has 0 radical (unpaired) electrons. The molecule has 1 aliphatic heterocycles. The van der Waals surface area contributed by atoms with Gasteiger partial charge >= 0.3 is 0 Å². The van der Waals surface area contributed by atoms with E-state index in [-0.39, 0.29) is 29.3 Å². The number of hydrogen-bond donors (Lipinski definition) is 1. The summed E-state index contributed by atoms with van der Waals surface area (Å²) in [5.74, 6) is 0.277. The normalized spacial score (nSPS) is 24.8. The van der Waals surface area contributed by atoms with Crippen LogP contribution < -0.4 is 5.32 Å². The van der Waals surface area contributed by atoms with Crippen molar-refractivity contribution in [2.75, 3.05) is 6.61 Å². The van der Waals surface area contributed by atoms with Crippen molar-refractivity contribution in [1.82, 2.24) is 5.32 Å². The number of ether oxygens (including phenoxy) is 1. The number of amides is 1. The number of nitrogens with one attached hydrogen (secondary N) is 1. The van der Waals surface area contributed by atoms with Crippen LogP contribution in [0.4, 0.5) is 5.69 Å². The largest absolute Gasteiger partial charge is 0.378 e. The lowest BCUT2D eigenvalue weighted by Crippen LogP contribution is -2.43. The Kier molecular flexibility index (Phi) is 4.11. The van der Waals surface area contributed by atoms with Crippen molar-refractivity contribution >= 4 is 11.6 Å². The van der Waals surface area contributed by atoms with Crippen LogP contribution in [0.2, 0.25) is 0 Å². The van der Waals surface area contributed by atoms with Gasteiger partial charge in [0.2, 0.25) is 0 Å². The third-order valence-corrected chi connectivity index (χ3v) is 4.47. The molecule has 1 amide bonds. The summed E-state index contributed by atoms with van der Waals surface area (Å²) < 4.78 is 5.75. The van der Waals surface area contributed by atoms with Crippen molar-refractivity contribution in [3.8, 4) is 0 Å². The highest BCUT2D eigenvalue weighted by molar-refractivity contribution is 5.99. The van der Waals surface area contributed by atoms with Crippen molar-refractivity contribution in [1.29, 1.82) is 0 Å². The number of nitro groups is 1. The zero-order valence-corrected chi connectivity index (χ0v) is 12.6. The monoisotopic (exact) mass is 304 g/mol. The molecule has 1 aliphatic carbocycles. The number of nitro benzene ring substituents is 1. The van der Waals surface area contributed by atoms with Crippen LogP contribution in [0.5, 0.6) is 0 Å². The SMILES string of the molecule is Cc1cccc([N+](=O)[O-])c1C(=O)N[C@H]1CCO[C@@H](C2CC2)C1. The third-order valence-electron chi connectivity index (χ3n) is 4.47. The van der Waals surface area contributed by atoms with Gasteiger partial charge in [-0.2, -0.15) is 0 Å². The van der Waals surface area contributed by atoms with Crippen molar-refractivity contribution in [2.45, 2.75) is 44.8 Å². The van der Waals surface area contributed by atoms with E-state index in [4.69, 9.17) is 4.74 Å². The molecular weight excluding hydrogens is 284 g/mol. The highest BCUT2D eigenvalue weighted by atomic mass is 16.6. The van der Waals surface area contributed by atoms with Gasteiger partial charge in [0.25, 0.3) is 11.6 Å². The van der Waals surface area contributed by atoms with E-state index in [0.717, 1.165) is 12.8 Å². The van der Waals surface area contributed by atoms with E-state index in [1.54, 1.807) is 19.1 Å². The van der Waals surface area contributed by atoms with Gasteiger partial charge in [0.05, 0.1) is 11.0 Å². The summed E-state index contributed by atoms with van der Waals surface area (Å²) in [6, 6.07) is 4.73. The van der Waals surface area contributed by atoms with E-state index >= 15 is 0 Å². The summed E-state index contributed by atoms with van der Waals surface area (Å²) in [5, 5.41) is 14.1. The molecule has 118 valence electrons. The van der Waals surface area contributed by atoms with Gasteiger partial charge in [-0.25, -0.2) is 0 Å². The van der Waals surface area contributed by atoms with Crippen LogP contribution in [0.1, 0.15) is 41.6 Å². The van der Waals surface area contributed by atoms with Gasteiger partial charge in [-0.1, -0.05) is 12.1 Å². The molecule has 6 nitrogen and oxygen atoms in total. The molecule has 0 spiro atoms. The standard InChI is InChI=1S/C16H20N2O4/c1-10-3-2-4-13(18(20)21)15(10)16(19)17-12-7-8-22-14(9-12)11-5-6-11/h2-4,11-12,14H,5-9H2,1H3,(H,17,19)/t12-,14+/m0/s1. The first-order chi connectivity index (χ1) is 10.6. The molecule has 2 atom stereocenters. The maximum atomic E-state index is 12.5. The predicted molar refractivity (Wildman–Crippen MR) is 80.8 cm³/mol. The molecule has 2 aliphatic rings. The number of rotatable bonds is 4. The first-order valence-corrected chi connectivity index (χ1v) is 7.72. The molecule has 22 heavy (non-hydrogen) atoms. The lowest BCUT2D eigenvalue weighted by molar-refractivity contribution is -0.385. The Morgan fingerprint density at radius 3 is 2.82 bits per heavy atom. The summed E-state index contributed by atoms with van der Waals surface area (Å²) in [5.41, 5.74) is 0.655. The maximum Gasteiger partial charge on any atom is 0.282 e. The Bertz CT molecular complexity index is 598. The lowest BCUT2D eigenvalue weighted by atomic mass is 9.99. The number of nitrogens with zero attached hydrogens (tertiary/aromatic N) is 1. The number of benzene rings is 1. The minimum Gasteiger partial charge on any atom is -0.378 e. The van der Waals surface area contributed by atoms with Crippen LogP contribution in [0, 0.1) is 23.0 Å². The van der Waals surface area contributed by atoms with Crippen LogP contribution in [0.25, 0.3) is 0 Å². The van der Waals surface area contributed by atoms with Crippen molar-refractivity contribution in [3.05, 3.63) is 39.4 Å². The Labute approximate surface area is 129 Å². The Balaban J connectivity index is 1.73. The van der Waals surface area contributed by atoms with E-state index in [1.807, 2.05) is 0 Å². The highest BCUT2D eigenvalue weighted by Crippen LogP contribution is 2.38. The summed E-state index contributed by atoms with van der Waals surface area (Å²) in [4.78, 5) is 23.1. The van der Waals surface area contributed by atoms with Gasteiger partial charge < -0.3 is 10.1 Å². The van der Waals surface area contributed by atoms with Gasteiger partial charge in [-0.05, 0) is 44.1 Å². The summed E-state index contributed by atoms with van der Waals surface area (Å²) in [7, 11) is 0. The fourth-order valence-electron chi connectivity index (χ4n) is 3.11. The second-order valence-corrected chi connectivity index (χ2v) is 6.17. The Morgan fingerprint density at radius 1 is 1.36 bits per heavy atom. The van der Waals surface area contributed by atoms with Gasteiger partial charge in [-0.15, -0.1) is 0 Å². The quantitative estimate of drug-likeness (QED) is 0.684. The summed E-state index contributed by atoms with van der Waals surface area (Å²) in [6.07, 6.45) is 4.19. The second-order valence-electron chi connectivity index (χ2n) is 6.17. The average Bonchev–Trinajstić information content (AvgIpc) is 3.31. The Morgan fingerprint density at radius 2 is 2.14 bits per heavy atom. The second kappa shape index (κ2) is 6.04. The predicted octanol–water partition coefficient (Wildman–Crippen LogP) is 2.59. The molecule has 2 fully saturated rings. The molecule has 0 bridgehead atoms. The number of carbonyl (C=O) groups is 1. The van der Waals surface area contributed by atoms with Crippen molar-refractivity contribution in [3.63, 3.8) is 0 Å². The first-order valence-electron chi connectivity index (χ1n) is 7.72. The molecule has 3 rings (SSSR count). The van der Waals surface area contributed by atoms with E-state index in [2.05, 4.69) is 5.32 Å². The van der Waals surface area contributed by atoms with Crippen molar-refractivity contribution < 1.29 is 14.5 Å². The average molecular weight is 304 g/mol. The topological polar surface area (TPSA) is 81.5 Å². The van der Waals surface area contributed by atoms with Crippen LogP contribution in [-0.4, -0.2) is 29.6 Å². The Hall–Kier alpha value is -1.95. The van der Waals surface area contributed by atoms with E-state index in [1.165, 1.54) is 18.9 Å². The van der Waals surface area contributed by atoms with Crippen LogP contribution >= 0.6 is 0 Å². The van der Waals surface area contributed by atoms with Gasteiger partial charge in [0.1, 0.15) is 5.56 Å². The van der Waals surface area contributed by atoms with Crippen LogP contribution in [-0.2, 0) is 4.74 Å². The zero-order chi connectivity index (χ0) is 15.7. The molecule has 1 saturated heterocycles. The summed E-state index contributed by atoms with van der Waals surface area (Å²) in [6.45, 7) is 2.36. The van der Waals surface area contributed by atoms with Gasteiger partial charge in [0, 0.05) is 18.7 Å². The van der Waals surface area contributed by atoms with E-state index in [9.17, 15) is 14.9 Å². The first kappa shape index (κ1) is 15.0. The molecule has 1 N–H and O–H groups in total. The number of aryl methyl sites for hydroxylation is 1. The lowest BCUT2D eigenvalue weighted by Gasteiger charge is -2.30. The fourth-order valence-corrected chi connectivity index (χ4v) is 3.11.